The molecule has 0 aliphatic heterocycles. The summed E-state index contributed by atoms with van der Waals surface area (Å²) in [7, 11) is 0. The number of anilines is 1. The average Bonchev–Trinajstić information content (AvgIpc) is 2.67. The maximum atomic E-state index is 13.1. The van der Waals surface area contributed by atoms with Crippen LogP contribution >= 0.6 is 0 Å². The number of unbranched alkanes of at least 4 members (excludes halogenated alkanes) is 1. The van der Waals surface area contributed by atoms with Gasteiger partial charge in [0.1, 0.15) is 11.4 Å². The Morgan fingerprint density at radius 3 is 2.39 bits per heavy atom. The molecule has 4 heteroatoms. The van der Waals surface area contributed by atoms with Gasteiger partial charge in [0.15, 0.2) is 0 Å². The van der Waals surface area contributed by atoms with E-state index in [-0.39, 0.29) is 5.91 Å². The molecule has 0 bridgehead atoms. The Bertz CT molecular complexity index is 772. The number of ether oxygens (including phenoxy) is 2. The van der Waals surface area contributed by atoms with Gasteiger partial charge in [-0.2, -0.15) is 0 Å². The van der Waals surface area contributed by atoms with E-state index in [1.807, 2.05) is 43.3 Å². The first kappa shape index (κ1) is 22.2. The van der Waals surface area contributed by atoms with E-state index in [1.54, 1.807) is 0 Å². The lowest BCUT2D eigenvalue weighted by atomic mass is 9.92. The summed E-state index contributed by atoms with van der Waals surface area (Å²) in [5.74, 6) is 1.12. The van der Waals surface area contributed by atoms with Crippen LogP contribution in [0.2, 0.25) is 0 Å². The van der Waals surface area contributed by atoms with Gasteiger partial charge < -0.3 is 14.8 Å². The van der Waals surface area contributed by atoms with E-state index in [1.165, 1.54) is 0 Å². The smallest absolute Gasteiger partial charge is 0.256 e. The van der Waals surface area contributed by atoms with Gasteiger partial charge in [-0.05, 0) is 44.2 Å². The number of amides is 1. The number of hydrogen-bond acceptors (Lipinski definition) is 3. The molecule has 0 fully saturated rings. The fraction of sp³-hybridized carbons (Fsp3) is 0.542. The molecule has 0 saturated carbocycles. The second-order valence-corrected chi connectivity index (χ2v) is 7.99. The van der Waals surface area contributed by atoms with Gasteiger partial charge in [-0.25, -0.2) is 0 Å². The normalized spacial score (nSPS) is 13.5. The van der Waals surface area contributed by atoms with Crippen molar-refractivity contribution in [2.75, 3.05) is 18.5 Å². The molecule has 0 spiro atoms. The number of carbonyl (C=O) groups excluding carboxylic acids is 1. The molecule has 2 aromatic carbocycles. The highest BCUT2D eigenvalue weighted by atomic mass is 16.5. The van der Waals surface area contributed by atoms with Crippen molar-refractivity contribution in [1.29, 1.82) is 0 Å². The highest BCUT2D eigenvalue weighted by Gasteiger charge is 2.35. The van der Waals surface area contributed by atoms with E-state index in [0.29, 0.717) is 25.6 Å². The monoisotopic (exact) mass is 385 g/mol. The summed E-state index contributed by atoms with van der Waals surface area (Å²) in [5.41, 5.74) is -0.0554. The Morgan fingerprint density at radius 2 is 1.75 bits per heavy atom. The molecule has 0 heterocycles. The van der Waals surface area contributed by atoms with Gasteiger partial charge in [0.2, 0.25) is 0 Å². The van der Waals surface area contributed by atoms with Gasteiger partial charge in [-0.15, -0.1) is 0 Å². The number of hydrogen-bond donors (Lipinski definition) is 1. The van der Waals surface area contributed by atoms with Crippen LogP contribution < -0.4 is 10.1 Å². The Labute approximate surface area is 169 Å². The minimum atomic E-state index is -0.846. The van der Waals surface area contributed by atoms with Crippen molar-refractivity contribution < 1.29 is 14.3 Å². The maximum Gasteiger partial charge on any atom is 0.256 e. The molecule has 0 aliphatic rings. The zero-order chi connectivity index (χ0) is 20.6. The third-order valence-corrected chi connectivity index (χ3v) is 4.79. The molecule has 2 rings (SSSR count). The molecule has 0 saturated heterocycles. The molecule has 1 N–H and O–H groups in total. The first-order valence-corrected chi connectivity index (χ1v) is 10.5. The molecule has 4 nitrogen and oxygen atoms in total. The molecule has 28 heavy (non-hydrogen) atoms. The fourth-order valence-corrected chi connectivity index (χ4v) is 3.41. The fourth-order valence-electron chi connectivity index (χ4n) is 3.41. The SMILES string of the molecule is CCCCOc1ccc(NC(=O)C(C)(CC(C)C)OCCC)c2ccccc12. The van der Waals surface area contributed by atoms with E-state index in [2.05, 4.69) is 33.0 Å². The molecule has 1 amide bonds. The Hall–Kier alpha value is -2.07. The molecule has 1 atom stereocenters. The summed E-state index contributed by atoms with van der Waals surface area (Å²) in [5, 5.41) is 5.10. The van der Waals surface area contributed by atoms with Crippen molar-refractivity contribution in [1.82, 2.24) is 0 Å². The third kappa shape index (κ3) is 5.71. The topological polar surface area (TPSA) is 47.6 Å². The number of rotatable bonds is 11. The number of benzene rings is 2. The quantitative estimate of drug-likeness (QED) is 0.469. The lowest BCUT2D eigenvalue weighted by Crippen LogP contribution is -2.44. The molecule has 0 radical (unpaired) electrons. The van der Waals surface area contributed by atoms with Crippen LogP contribution in [-0.2, 0) is 9.53 Å². The van der Waals surface area contributed by atoms with Gasteiger partial charge in [0, 0.05) is 23.1 Å². The minimum Gasteiger partial charge on any atom is -0.493 e. The summed E-state index contributed by atoms with van der Waals surface area (Å²) in [6.45, 7) is 11.6. The van der Waals surface area contributed by atoms with E-state index >= 15 is 0 Å². The molecule has 0 aromatic heterocycles. The van der Waals surface area contributed by atoms with Crippen LogP contribution in [0.3, 0.4) is 0 Å². The first-order chi connectivity index (χ1) is 13.4. The largest absolute Gasteiger partial charge is 0.493 e. The van der Waals surface area contributed by atoms with Crippen molar-refractivity contribution in [2.45, 2.75) is 65.9 Å². The van der Waals surface area contributed by atoms with Crippen molar-refractivity contribution in [2.24, 2.45) is 5.92 Å². The molecule has 1 unspecified atom stereocenters. The van der Waals surface area contributed by atoms with Crippen LogP contribution in [0.4, 0.5) is 5.69 Å². The van der Waals surface area contributed by atoms with Crippen LogP contribution in [0.1, 0.15) is 60.3 Å². The van der Waals surface area contributed by atoms with Gasteiger partial charge >= 0.3 is 0 Å². The molecule has 154 valence electrons. The van der Waals surface area contributed by atoms with Gasteiger partial charge in [-0.3, -0.25) is 4.79 Å². The molecular weight excluding hydrogens is 350 g/mol. The van der Waals surface area contributed by atoms with E-state index in [9.17, 15) is 4.79 Å². The van der Waals surface area contributed by atoms with Gasteiger partial charge in [0.05, 0.1) is 6.61 Å². The van der Waals surface area contributed by atoms with E-state index in [4.69, 9.17) is 9.47 Å². The van der Waals surface area contributed by atoms with Crippen LogP contribution in [0.15, 0.2) is 36.4 Å². The first-order valence-electron chi connectivity index (χ1n) is 10.5. The lowest BCUT2D eigenvalue weighted by molar-refractivity contribution is -0.141. The number of nitrogens with one attached hydrogen (secondary N) is 1. The second-order valence-electron chi connectivity index (χ2n) is 7.99. The zero-order valence-electron chi connectivity index (χ0n) is 18.0. The van der Waals surface area contributed by atoms with Crippen LogP contribution in [0, 0.1) is 5.92 Å². The molecular formula is C24H35NO3. The third-order valence-electron chi connectivity index (χ3n) is 4.79. The summed E-state index contributed by atoms with van der Waals surface area (Å²) in [6.07, 6.45) is 3.68. The predicted molar refractivity (Wildman–Crippen MR) is 117 cm³/mol. The standard InChI is InChI=1S/C24H35NO3/c1-6-8-16-27-22-14-13-21(19-11-9-10-12-20(19)22)25-23(26)24(5,17-18(3)4)28-15-7-2/h9-14,18H,6-8,15-17H2,1-5H3,(H,25,26). The summed E-state index contributed by atoms with van der Waals surface area (Å²) < 4.78 is 11.9. The summed E-state index contributed by atoms with van der Waals surface area (Å²) >= 11 is 0. The van der Waals surface area contributed by atoms with Gasteiger partial charge in [0.25, 0.3) is 5.91 Å². The number of fused-ring (bicyclic) bond motifs is 1. The van der Waals surface area contributed by atoms with E-state index in [0.717, 1.165) is 41.5 Å². The second kappa shape index (κ2) is 10.5. The van der Waals surface area contributed by atoms with E-state index < -0.39 is 5.60 Å². The lowest BCUT2D eigenvalue weighted by Gasteiger charge is -2.30. The van der Waals surface area contributed by atoms with Crippen molar-refractivity contribution in [3.05, 3.63) is 36.4 Å². The van der Waals surface area contributed by atoms with Crippen molar-refractivity contribution >= 4 is 22.4 Å². The highest BCUT2D eigenvalue weighted by Crippen LogP contribution is 2.33. The van der Waals surface area contributed by atoms with Crippen molar-refractivity contribution in [3.8, 4) is 5.75 Å². The molecule has 2 aromatic rings. The summed E-state index contributed by atoms with van der Waals surface area (Å²) in [4.78, 5) is 13.1. The van der Waals surface area contributed by atoms with Gasteiger partial charge in [-0.1, -0.05) is 58.4 Å². The van der Waals surface area contributed by atoms with Crippen LogP contribution in [0.25, 0.3) is 10.8 Å². The van der Waals surface area contributed by atoms with Crippen LogP contribution in [-0.4, -0.2) is 24.7 Å². The highest BCUT2D eigenvalue weighted by molar-refractivity contribution is 6.06. The number of carbonyl (C=O) groups is 1. The van der Waals surface area contributed by atoms with Crippen molar-refractivity contribution in [3.63, 3.8) is 0 Å². The maximum absolute atomic E-state index is 13.1. The Morgan fingerprint density at radius 1 is 1.04 bits per heavy atom. The van der Waals surface area contributed by atoms with Crippen LogP contribution in [0.5, 0.6) is 5.75 Å². The average molecular weight is 386 g/mol. The summed E-state index contributed by atoms with van der Waals surface area (Å²) in [6, 6.07) is 11.9. The molecule has 0 aliphatic carbocycles. The Balaban J connectivity index is 2.29. The zero-order valence-corrected chi connectivity index (χ0v) is 18.0. The minimum absolute atomic E-state index is 0.0977. The Kier molecular flexibility index (Phi) is 8.31. The predicted octanol–water partition coefficient (Wildman–Crippen LogP) is 6.19.